The van der Waals surface area contributed by atoms with Crippen LogP contribution in [0.25, 0.3) is 0 Å². The van der Waals surface area contributed by atoms with Crippen LogP contribution in [0.1, 0.15) is 13.3 Å². The Balaban J connectivity index is 2.48. The first-order chi connectivity index (χ1) is 4.75. The van der Waals surface area contributed by atoms with Gasteiger partial charge in [-0.05, 0) is 12.3 Å². The number of ether oxygens (including phenoxy) is 1. The minimum atomic E-state index is -0.225. The van der Waals surface area contributed by atoms with Crippen LogP contribution in [0.3, 0.4) is 0 Å². The van der Waals surface area contributed by atoms with Gasteiger partial charge in [-0.2, -0.15) is 0 Å². The van der Waals surface area contributed by atoms with Crippen LogP contribution in [0.4, 0.5) is 0 Å². The molecular formula is C8H13NO. The van der Waals surface area contributed by atoms with Crippen LogP contribution in [0.15, 0.2) is 0 Å². The Bertz CT molecular complexity index is 150. The number of nitrogens with two attached hydrogens (primary N) is 1. The van der Waals surface area contributed by atoms with Crippen LogP contribution < -0.4 is 5.73 Å². The number of hydrogen-bond acceptors (Lipinski definition) is 2. The molecule has 0 amide bonds. The fraction of sp³-hybridized carbons (Fsp3) is 0.750. The van der Waals surface area contributed by atoms with Crippen molar-refractivity contribution in [3.8, 4) is 12.3 Å². The van der Waals surface area contributed by atoms with Crippen molar-refractivity contribution in [1.29, 1.82) is 0 Å². The minimum absolute atomic E-state index is 0.0880. The summed E-state index contributed by atoms with van der Waals surface area (Å²) in [7, 11) is 0. The van der Waals surface area contributed by atoms with Gasteiger partial charge >= 0.3 is 0 Å². The van der Waals surface area contributed by atoms with Gasteiger partial charge in [0.2, 0.25) is 0 Å². The second-order valence-electron chi connectivity index (χ2n) is 2.79. The average molecular weight is 139 g/mol. The molecule has 56 valence electrons. The van der Waals surface area contributed by atoms with E-state index >= 15 is 0 Å². The van der Waals surface area contributed by atoms with E-state index in [1.54, 1.807) is 0 Å². The maximum atomic E-state index is 5.61. The molecule has 0 aromatic carbocycles. The maximum absolute atomic E-state index is 5.61. The molecule has 1 fully saturated rings. The molecule has 2 N–H and O–H groups in total. The highest BCUT2D eigenvalue weighted by molar-refractivity contribution is 5.03. The van der Waals surface area contributed by atoms with Crippen molar-refractivity contribution in [3.63, 3.8) is 0 Å². The molecule has 1 heterocycles. The van der Waals surface area contributed by atoms with E-state index in [4.69, 9.17) is 16.9 Å². The molecule has 0 spiro atoms. The third-order valence-corrected chi connectivity index (χ3v) is 1.99. The standard InChI is InChI=1S/C8H13NO/c1-3-7(9)8-6(2)4-5-10-8/h1,6-8H,4-5,9H2,2H3. The van der Waals surface area contributed by atoms with E-state index < -0.39 is 0 Å². The van der Waals surface area contributed by atoms with E-state index in [1.165, 1.54) is 0 Å². The predicted octanol–water partition coefficient (Wildman–Crippen LogP) is 0.372. The molecule has 3 unspecified atom stereocenters. The lowest BCUT2D eigenvalue weighted by molar-refractivity contribution is 0.0863. The van der Waals surface area contributed by atoms with Crippen LogP contribution >= 0.6 is 0 Å². The molecule has 1 saturated heterocycles. The molecule has 10 heavy (non-hydrogen) atoms. The molecule has 1 aliphatic heterocycles. The number of rotatable bonds is 1. The maximum Gasteiger partial charge on any atom is 0.0930 e. The molecule has 0 aromatic heterocycles. The first-order valence-corrected chi connectivity index (χ1v) is 3.59. The lowest BCUT2D eigenvalue weighted by Gasteiger charge is -2.16. The van der Waals surface area contributed by atoms with Crippen molar-refractivity contribution < 1.29 is 4.74 Å². The molecular weight excluding hydrogens is 126 g/mol. The van der Waals surface area contributed by atoms with Gasteiger partial charge in [-0.1, -0.05) is 12.8 Å². The summed E-state index contributed by atoms with van der Waals surface area (Å²) in [6.45, 7) is 2.93. The molecule has 0 radical (unpaired) electrons. The van der Waals surface area contributed by atoms with Crippen LogP contribution in [0.2, 0.25) is 0 Å². The summed E-state index contributed by atoms with van der Waals surface area (Å²) in [4.78, 5) is 0. The second kappa shape index (κ2) is 3.05. The monoisotopic (exact) mass is 139 g/mol. The van der Waals surface area contributed by atoms with Crippen molar-refractivity contribution in [1.82, 2.24) is 0 Å². The van der Waals surface area contributed by atoms with E-state index in [2.05, 4.69) is 12.8 Å². The zero-order valence-corrected chi connectivity index (χ0v) is 6.21. The topological polar surface area (TPSA) is 35.2 Å². The Kier molecular flexibility index (Phi) is 2.31. The fourth-order valence-electron chi connectivity index (χ4n) is 1.27. The van der Waals surface area contributed by atoms with Crippen LogP contribution in [0.5, 0.6) is 0 Å². The van der Waals surface area contributed by atoms with E-state index in [9.17, 15) is 0 Å². The first kappa shape index (κ1) is 7.59. The highest BCUT2D eigenvalue weighted by Gasteiger charge is 2.28. The molecule has 0 bridgehead atoms. The first-order valence-electron chi connectivity index (χ1n) is 3.59. The molecule has 2 nitrogen and oxygen atoms in total. The van der Waals surface area contributed by atoms with Gasteiger partial charge in [-0.3, -0.25) is 0 Å². The smallest absolute Gasteiger partial charge is 0.0930 e. The molecule has 0 aliphatic carbocycles. The summed E-state index contributed by atoms with van der Waals surface area (Å²) < 4.78 is 5.35. The largest absolute Gasteiger partial charge is 0.375 e. The highest BCUT2D eigenvalue weighted by Crippen LogP contribution is 2.21. The molecule has 0 saturated carbocycles. The van der Waals surface area contributed by atoms with Gasteiger partial charge in [-0.25, -0.2) is 0 Å². The Morgan fingerprint density at radius 2 is 2.50 bits per heavy atom. The zero-order chi connectivity index (χ0) is 7.56. The zero-order valence-electron chi connectivity index (χ0n) is 6.21. The van der Waals surface area contributed by atoms with Crippen molar-refractivity contribution in [3.05, 3.63) is 0 Å². The van der Waals surface area contributed by atoms with Crippen molar-refractivity contribution in [2.45, 2.75) is 25.5 Å². The summed E-state index contributed by atoms with van der Waals surface area (Å²) in [6.07, 6.45) is 6.33. The summed E-state index contributed by atoms with van der Waals surface area (Å²) in [5, 5.41) is 0. The van der Waals surface area contributed by atoms with E-state index in [0.29, 0.717) is 5.92 Å². The van der Waals surface area contributed by atoms with E-state index in [-0.39, 0.29) is 12.1 Å². The highest BCUT2D eigenvalue weighted by atomic mass is 16.5. The van der Waals surface area contributed by atoms with Crippen molar-refractivity contribution >= 4 is 0 Å². The van der Waals surface area contributed by atoms with Crippen molar-refractivity contribution in [2.75, 3.05) is 6.61 Å². The quantitative estimate of drug-likeness (QED) is 0.533. The van der Waals surface area contributed by atoms with Gasteiger partial charge in [0.1, 0.15) is 0 Å². The minimum Gasteiger partial charge on any atom is -0.375 e. The van der Waals surface area contributed by atoms with Gasteiger partial charge in [0, 0.05) is 6.61 Å². The lowest BCUT2D eigenvalue weighted by atomic mass is 9.99. The Morgan fingerprint density at radius 1 is 1.80 bits per heavy atom. The predicted molar refractivity (Wildman–Crippen MR) is 40.3 cm³/mol. The average Bonchev–Trinajstić information content (AvgIpc) is 2.34. The van der Waals surface area contributed by atoms with Gasteiger partial charge in [0.25, 0.3) is 0 Å². The van der Waals surface area contributed by atoms with E-state index in [1.807, 2.05) is 0 Å². The molecule has 3 atom stereocenters. The van der Waals surface area contributed by atoms with Gasteiger partial charge < -0.3 is 10.5 Å². The van der Waals surface area contributed by atoms with Gasteiger partial charge in [0.15, 0.2) is 0 Å². The Hall–Kier alpha value is -0.520. The van der Waals surface area contributed by atoms with Gasteiger partial charge in [0.05, 0.1) is 12.1 Å². The second-order valence-corrected chi connectivity index (χ2v) is 2.79. The summed E-state index contributed by atoms with van der Waals surface area (Å²) in [5.74, 6) is 3.01. The SMILES string of the molecule is C#CC(N)C1OCCC1C. The van der Waals surface area contributed by atoms with E-state index in [0.717, 1.165) is 13.0 Å². The summed E-state index contributed by atoms with van der Waals surface area (Å²) in [5.41, 5.74) is 5.61. The fourth-order valence-corrected chi connectivity index (χ4v) is 1.27. The van der Waals surface area contributed by atoms with Crippen LogP contribution in [-0.2, 0) is 4.74 Å². The third-order valence-electron chi connectivity index (χ3n) is 1.99. The third kappa shape index (κ3) is 1.31. The molecule has 1 aliphatic rings. The Morgan fingerprint density at radius 3 is 2.90 bits per heavy atom. The van der Waals surface area contributed by atoms with Crippen molar-refractivity contribution in [2.24, 2.45) is 11.7 Å². The molecule has 2 heteroatoms. The lowest BCUT2D eigenvalue weighted by Crippen LogP contribution is -2.36. The molecule has 1 rings (SSSR count). The summed E-state index contributed by atoms with van der Waals surface area (Å²) >= 11 is 0. The van der Waals surface area contributed by atoms with Gasteiger partial charge in [-0.15, -0.1) is 6.42 Å². The van der Waals surface area contributed by atoms with Crippen LogP contribution in [-0.4, -0.2) is 18.8 Å². The Labute approximate surface area is 61.7 Å². The number of hydrogen-bond donors (Lipinski definition) is 1. The summed E-state index contributed by atoms with van der Waals surface area (Å²) in [6, 6.07) is -0.225. The van der Waals surface area contributed by atoms with Crippen LogP contribution in [0, 0.1) is 18.3 Å². The number of terminal acetylenes is 1. The normalized spacial score (nSPS) is 35.3. The molecule has 0 aromatic rings.